The Labute approximate surface area is 172 Å². The van der Waals surface area contributed by atoms with Crippen molar-refractivity contribution in [1.29, 1.82) is 0 Å². The molecule has 2 aromatic heterocycles. The highest BCUT2D eigenvalue weighted by Gasteiger charge is 2.22. The maximum absolute atomic E-state index is 13.7. The van der Waals surface area contributed by atoms with Gasteiger partial charge in [-0.1, -0.05) is 30.3 Å². The number of fused-ring (bicyclic) bond motifs is 2. The molecule has 5 heteroatoms. The van der Waals surface area contributed by atoms with E-state index in [0.29, 0.717) is 0 Å². The molecule has 2 heterocycles. The average Bonchev–Trinajstić information content (AvgIpc) is 3.36. The van der Waals surface area contributed by atoms with E-state index in [9.17, 15) is 9.18 Å². The highest BCUT2D eigenvalue weighted by atomic mass is 32.1. The zero-order valence-electron chi connectivity index (χ0n) is 15.9. The SMILES string of the molecule is O=C(Cn1c(-c2cccs2)cc2cc(F)ccc21)NC1CCCc2ccccc21. The van der Waals surface area contributed by atoms with Crippen LogP contribution in [0.5, 0.6) is 0 Å². The lowest BCUT2D eigenvalue weighted by molar-refractivity contribution is -0.122. The van der Waals surface area contributed by atoms with E-state index in [1.54, 1.807) is 17.4 Å². The second-order valence-corrected chi connectivity index (χ2v) is 8.45. The monoisotopic (exact) mass is 404 g/mol. The van der Waals surface area contributed by atoms with Gasteiger partial charge in [0.1, 0.15) is 12.4 Å². The fourth-order valence-electron chi connectivity index (χ4n) is 4.33. The summed E-state index contributed by atoms with van der Waals surface area (Å²) in [6, 6.07) is 19.1. The van der Waals surface area contributed by atoms with Gasteiger partial charge in [0, 0.05) is 10.9 Å². The highest BCUT2D eigenvalue weighted by Crippen LogP contribution is 2.32. The first-order valence-electron chi connectivity index (χ1n) is 9.89. The van der Waals surface area contributed by atoms with Crippen molar-refractivity contribution in [1.82, 2.24) is 9.88 Å². The minimum atomic E-state index is -0.268. The zero-order valence-corrected chi connectivity index (χ0v) is 16.7. The molecular formula is C24H21FN2OS. The molecule has 3 nitrogen and oxygen atoms in total. The molecule has 0 spiro atoms. The van der Waals surface area contributed by atoms with Gasteiger partial charge in [-0.25, -0.2) is 4.39 Å². The molecule has 0 aliphatic heterocycles. The number of hydrogen-bond acceptors (Lipinski definition) is 2. The summed E-state index contributed by atoms with van der Waals surface area (Å²) in [4.78, 5) is 14.1. The van der Waals surface area contributed by atoms with Crippen molar-refractivity contribution in [2.24, 2.45) is 0 Å². The van der Waals surface area contributed by atoms with Crippen LogP contribution in [0.3, 0.4) is 0 Å². The molecule has 4 aromatic rings. The molecule has 0 saturated heterocycles. The summed E-state index contributed by atoms with van der Waals surface area (Å²) in [5.74, 6) is -0.290. The Morgan fingerprint density at radius 3 is 2.90 bits per heavy atom. The molecule has 1 atom stereocenters. The van der Waals surface area contributed by atoms with Gasteiger partial charge in [0.15, 0.2) is 0 Å². The number of hydrogen-bond donors (Lipinski definition) is 1. The van der Waals surface area contributed by atoms with Crippen LogP contribution in [0.2, 0.25) is 0 Å². The standard InChI is InChI=1S/C24H21FN2OS/c25-18-10-11-21-17(13-18)14-22(23-9-4-12-29-23)27(21)15-24(28)26-20-8-3-6-16-5-1-2-7-19(16)20/h1-2,4-5,7,9-14,20H,3,6,8,15H2,(H,26,28). The second-order valence-electron chi connectivity index (χ2n) is 7.51. The number of carbonyl (C=O) groups excluding carboxylic acids is 1. The van der Waals surface area contributed by atoms with Gasteiger partial charge >= 0.3 is 0 Å². The van der Waals surface area contributed by atoms with Crippen LogP contribution in [0.15, 0.2) is 66.0 Å². The quantitative estimate of drug-likeness (QED) is 0.465. The molecule has 1 aliphatic carbocycles. The Morgan fingerprint density at radius 1 is 1.14 bits per heavy atom. The first kappa shape index (κ1) is 18.1. The molecule has 0 bridgehead atoms. The summed E-state index contributed by atoms with van der Waals surface area (Å²) >= 11 is 1.62. The highest BCUT2D eigenvalue weighted by molar-refractivity contribution is 7.13. The number of nitrogens with one attached hydrogen (secondary N) is 1. The summed E-state index contributed by atoms with van der Waals surface area (Å²) < 4.78 is 15.7. The summed E-state index contributed by atoms with van der Waals surface area (Å²) in [5, 5.41) is 6.05. The third-order valence-corrected chi connectivity index (χ3v) is 6.54. The van der Waals surface area contributed by atoms with Crippen molar-refractivity contribution in [3.05, 3.63) is 83.0 Å². The maximum Gasteiger partial charge on any atom is 0.240 e. The number of amides is 1. The molecule has 146 valence electrons. The molecule has 0 saturated carbocycles. The van der Waals surface area contributed by atoms with E-state index >= 15 is 0 Å². The van der Waals surface area contributed by atoms with Gasteiger partial charge < -0.3 is 9.88 Å². The summed E-state index contributed by atoms with van der Waals surface area (Å²) in [6.07, 6.45) is 3.10. The van der Waals surface area contributed by atoms with E-state index < -0.39 is 0 Å². The summed E-state index contributed by atoms with van der Waals surface area (Å²) in [7, 11) is 0. The van der Waals surface area contributed by atoms with Gasteiger partial charge in [-0.2, -0.15) is 0 Å². The first-order valence-corrected chi connectivity index (χ1v) is 10.8. The Bertz CT molecular complexity index is 1180. The lowest BCUT2D eigenvalue weighted by atomic mass is 9.88. The van der Waals surface area contributed by atoms with Crippen LogP contribution in [0.4, 0.5) is 4.39 Å². The van der Waals surface area contributed by atoms with Crippen LogP contribution in [0.25, 0.3) is 21.5 Å². The molecule has 0 radical (unpaired) electrons. The topological polar surface area (TPSA) is 34.0 Å². The smallest absolute Gasteiger partial charge is 0.240 e. The zero-order chi connectivity index (χ0) is 19.8. The molecular weight excluding hydrogens is 383 g/mol. The Morgan fingerprint density at radius 2 is 2.03 bits per heavy atom. The van der Waals surface area contributed by atoms with Gasteiger partial charge in [0.05, 0.1) is 16.6 Å². The van der Waals surface area contributed by atoms with E-state index in [0.717, 1.165) is 40.7 Å². The number of thiophene rings is 1. The number of aryl methyl sites for hydroxylation is 1. The average molecular weight is 405 g/mol. The normalized spacial score (nSPS) is 16.0. The Balaban J connectivity index is 1.46. The second kappa shape index (κ2) is 7.48. The fraction of sp³-hybridized carbons (Fsp3) is 0.208. The van der Waals surface area contributed by atoms with E-state index in [-0.39, 0.29) is 24.3 Å². The van der Waals surface area contributed by atoms with Crippen LogP contribution in [-0.2, 0) is 17.8 Å². The lowest BCUT2D eigenvalue weighted by Crippen LogP contribution is -2.33. The Hall–Kier alpha value is -2.92. The Kier molecular flexibility index (Phi) is 4.68. The van der Waals surface area contributed by atoms with Crippen LogP contribution < -0.4 is 5.32 Å². The van der Waals surface area contributed by atoms with Crippen molar-refractivity contribution in [3.63, 3.8) is 0 Å². The van der Waals surface area contributed by atoms with Crippen LogP contribution >= 0.6 is 11.3 Å². The van der Waals surface area contributed by atoms with Gasteiger partial charge in [-0.15, -0.1) is 11.3 Å². The van der Waals surface area contributed by atoms with E-state index in [2.05, 4.69) is 23.5 Å². The summed E-state index contributed by atoms with van der Waals surface area (Å²) in [5.41, 5.74) is 4.36. The maximum atomic E-state index is 13.7. The van der Waals surface area contributed by atoms with Gasteiger partial charge in [-0.05, 0) is 66.1 Å². The van der Waals surface area contributed by atoms with E-state index in [1.807, 2.05) is 34.2 Å². The molecule has 2 aromatic carbocycles. The molecule has 1 aliphatic rings. The number of rotatable bonds is 4. The van der Waals surface area contributed by atoms with Crippen LogP contribution in [0, 0.1) is 5.82 Å². The molecule has 5 rings (SSSR count). The van der Waals surface area contributed by atoms with Crippen molar-refractivity contribution in [2.75, 3.05) is 0 Å². The predicted octanol–water partition coefficient (Wildman–Crippen LogP) is 5.70. The number of benzene rings is 2. The number of aromatic nitrogens is 1. The lowest BCUT2D eigenvalue weighted by Gasteiger charge is -2.26. The third kappa shape index (κ3) is 3.47. The third-order valence-electron chi connectivity index (χ3n) is 5.64. The number of nitrogens with zero attached hydrogens (tertiary/aromatic N) is 1. The molecule has 1 amide bonds. The van der Waals surface area contributed by atoms with E-state index in [1.165, 1.54) is 23.3 Å². The van der Waals surface area contributed by atoms with Crippen molar-refractivity contribution < 1.29 is 9.18 Å². The first-order chi connectivity index (χ1) is 14.2. The minimum absolute atomic E-state index is 0.0219. The van der Waals surface area contributed by atoms with Crippen molar-refractivity contribution >= 4 is 28.1 Å². The summed E-state index contributed by atoms with van der Waals surface area (Å²) in [6.45, 7) is 0.209. The fourth-order valence-corrected chi connectivity index (χ4v) is 5.08. The van der Waals surface area contributed by atoms with Crippen LogP contribution in [0.1, 0.15) is 30.0 Å². The minimum Gasteiger partial charge on any atom is -0.348 e. The molecule has 0 fully saturated rings. The molecule has 1 unspecified atom stereocenters. The van der Waals surface area contributed by atoms with Gasteiger partial charge in [0.2, 0.25) is 5.91 Å². The van der Waals surface area contributed by atoms with Gasteiger partial charge in [-0.3, -0.25) is 4.79 Å². The number of halogens is 1. The molecule has 29 heavy (non-hydrogen) atoms. The van der Waals surface area contributed by atoms with Crippen molar-refractivity contribution in [2.45, 2.75) is 31.8 Å². The largest absolute Gasteiger partial charge is 0.348 e. The number of carbonyl (C=O) groups is 1. The van der Waals surface area contributed by atoms with Gasteiger partial charge in [0.25, 0.3) is 0 Å². The van der Waals surface area contributed by atoms with Crippen LogP contribution in [-0.4, -0.2) is 10.5 Å². The molecule has 1 N–H and O–H groups in total. The van der Waals surface area contributed by atoms with Crippen molar-refractivity contribution in [3.8, 4) is 10.6 Å². The predicted molar refractivity (Wildman–Crippen MR) is 115 cm³/mol. The van der Waals surface area contributed by atoms with E-state index in [4.69, 9.17) is 0 Å².